The van der Waals surface area contributed by atoms with Crippen LogP contribution in [0, 0.1) is 16.7 Å². The van der Waals surface area contributed by atoms with Crippen LogP contribution in [0.15, 0.2) is 0 Å². The van der Waals surface area contributed by atoms with Crippen molar-refractivity contribution in [2.24, 2.45) is 16.7 Å². The summed E-state index contributed by atoms with van der Waals surface area (Å²) in [7, 11) is 0. The number of carbonyl (C=O) groups is 1. The zero-order chi connectivity index (χ0) is 12.0. The molecule has 16 heavy (non-hydrogen) atoms. The lowest BCUT2D eigenvalue weighted by atomic mass is 10.0. The molecule has 2 rings (SSSR count). The average Bonchev–Trinajstić information content (AvgIpc) is 3.03. The van der Waals surface area contributed by atoms with E-state index in [1.165, 1.54) is 12.8 Å². The maximum absolute atomic E-state index is 11.6. The minimum Gasteiger partial charge on any atom is -0.355 e. The van der Waals surface area contributed by atoms with Crippen LogP contribution in [0.1, 0.15) is 40.5 Å². The highest BCUT2D eigenvalue weighted by Crippen LogP contribution is 2.62. The van der Waals surface area contributed by atoms with Crippen LogP contribution in [-0.4, -0.2) is 25.0 Å². The van der Waals surface area contributed by atoms with Gasteiger partial charge in [0.05, 0.1) is 6.54 Å². The summed E-state index contributed by atoms with van der Waals surface area (Å²) in [6, 6.07) is 0.465. The van der Waals surface area contributed by atoms with Gasteiger partial charge in [-0.25, -0.2) is 0 Å². The maximum Gasteiger partial charge on any atom is 0.233 e. The molecule has 3 nitrogen and oxygen atoms in total. The van der Waals surface area contributed by atoms with Gasteiger partial charge in [0.2, 0.25) is 5.91 Å². The van der Waals surface area contributed by atoms with E-state index in [0.29, 0.717) is 23.4 Å². The van der Waals surface area contributed by atoms with Crippen molar-refractivity contribution in [3.05, 3.63) is 0 Å². The van der Waals surface area contributed by atoms with Gasteiger partial charge >= 0.3 is 0 Å². The minimum absolute atomic E-state index is 0.144. The molecule has 0 bridgehead atoms. The minimum atomic E-state index is 0.144. The summed E-state index contributed by atoms with van der Waals surface area (Å²) < 4.78 is 0. The monoisotopic (exact) mass is 224 g/mol. The fourth-order valence-corrected chi connectivity index (χ4v) is 2.54. The van der Waals surface area contributed by atoms with Crippen molar-refractivity contribution in [1.82, 2.24) is 10.6 Å². The summed E-state index contributed by atoms with van der Waals surface area (Å²) in [5, 5.41) is 6.35. The first kappa shape index (κ1) is 11.9. The highest BCUT2D eigenvalue weighted by molar-refractivity contribution is 5.78. The largest absolute Gasteiger partial charge is 0.355 e. The summed E-state index contributed by atoms with van der Waals surface area (Å²) in [6.07, 6.45) is 2.58. The molecule has 0 aromatic carbocycles. The van der Waals surface area contributed by atoms with Crippen LogP contribution in [-0.2, 0) is 4.79 Å². The number of rotatable bonds is 5. The number of carbonyl (C=O) groups excluding carboxylic acids is 1. The smallest absolute Gasteiger partial charge is 0.233 e. The van der Waals surface area contributed by atoms with Crippen molar-refractivity contribution in [3.63, 3.8) is 0 Å². The first-order valence-corrected chi connectivity index (χ1v) is 6.36. The second-order valence-electron chi connectivity index (χ2n) is 6.50. The van der Waals surface area contributed by atoms with Crippen molar-refractivity contribution in [3.8, 4) is 0 Å². The predicted molar refractivity (Wildman–Crippen MR) is 65.1 cm³/mol. The lowest BCUT2D eigenvalue weighted by Crippen LogP contribution is -2.37. The normalized spacial score (nSPS) is 26.5. The van der Waals surface area contributed by atoms with Gasteiger partial charge in [0, 0.05) is 12.6 Å². The Balaban J connectivity index is 1.66. The standard InChI is InChI=1S/C13H24N2O/c1-12(2)11(13(12,3)4)15-8-10(16)14-7-9-5-6-9/h9,11,15H,5-8H2,1-4H3,(H,14,16). The molecule has 2 aliphatic carbocycles. The van der Waals surface area contributed by atoms with Gasteiger partial charge in [-0.05, 0) is 29.6 Å². The number of hydrogen-bond donors (Lipinski definition) is 2. The lowest BCUT2D eigenvalue weighted by molar-refractivity contribution is -0.120. The molecule has 2 N–H and O–H groups in total. The molecule has 2 fully saturated rings. The average molecular weight is 224 g/mol. The van der Waals surface area contributed by atoms with Crippen molar-refractivity contribution in [2.75, 3.05) is 13.1 Å². The molecule has 0 aromatic heterocycles. The van der Waals surface area contributed by atoms with E-state index in [1.807, 2.05) is 0 Å². The Morgan fingerprint density at radius 2 is 1.75 bits per heavy atom. The Bertz CT molecular complexity index is 278. The lowest BCUT2D eigenvalue weighted by Gasteiger charge is -2.07. The van der Waals surface area contributed by atoms with E-state index in [4.69, 9.17) is 0 Å². The molecule has 0 saturated heterocycles. The molecule has 0 unspecified atom stereocenters. The Hall–Kier alpha value is -0.570. The fourth-order valence-electron chi connectivity index (χ4n) is 2.54. The van der Waals surface area contributed by atoms with Gasteiger partial charge in [0.25, 0.3) is 0 Å². The van der Waals surface area contributed by atoms with Crippen molar-refractivity contribution in [1.29, 1.82) is 0 Å². The summed E-state index contributed by atoms with van der Waals surface area (Å²) in [5.74, 6) is 0.906. The molecule has 0 radical (unpaired) electrons. The van der Waals surface area contributed by atoms with Gasteiger partial charge in [0.15, 0.2) is 0 Å². The van der Waals surface area contributed by atoms with Crippen LogP contribution in [0.3, 0.4) is 0 Å². The highest BCUT2D eigenvalue weighted by atomic mass is 16.1. The van der Waals surface area contributed by atoms with E-state index in [9.17, 15) is 4.79 Å². The Kier molecular flexibility index (Phi) is 2.77. The van der Waals surface area contributed by atoms with Crippen molar-refractivity contribution >= 4 is 5.91 Å². The van der Waals surface area contributed by atoms with Crippen LogP contribution in [0.2, 0.25) is 0 Å². The number of hydrogen-bond acceptors (Lipinski definition) is 2. The SMILES string of the molecule is CC1(C)C(NCC(=O)NCC2CC2)C1(C)C. The molecule has 2 aliphatic rings. The topological polar surface area (TPSA) is 41.1 Å². The molecule has 0 spiro atoms. The maximum atomic E-state index is 11.6. The summed E-state index contributed by atoms with van der Waals surface area (Å²) in [5.41, 5.74) is 0.619. The molecule has 92 valence electrons. The van der Waals surface area contributed by atoms with Crippen LogP contribution in [0.5, 0.6) is 0 Å². The van der Waals surface area contributed by atoms with Crippen LogP contribution < -0.4 is 10.6 Å². The van der Waals surface area contributed by atoms with Gasteiger partial charge in [-0.15, -0.1) is 0 Å². The van der Waals surface area contributed by atoms with E-state index in [1.54, 1.807) is 0 Å². The van der Waals surface area contributed by atoms with Crippen LogP contribution in [0.25, 0.3) is 0 Å². The molecule has 1 amide bonds. The van der Waals surface area contributed by atoms with E-state index in [2.05, 4.69) is 38.3 Å². The van der Waals surface area contributed by atoms with Gasteiger partial charge in [-0.2, -0.15) is 0 Å². The van der Waals surface area contributed by atoms with E-state index >= 15 is 0 Å². The van der Waals surface area contributed by atoms with Crippen molar-refractivity contribution in [2.45, 2.75) is 46.6 Å². The molecular weight excluding hydrogens is 200 g/mol. The third-order valence-corrected chi connectivity index (χ3v) is 4.77. The molecule has 0 aromatic rings. The van der Waals surface area contributed by atoms with Gasteiger partial charge in [-0.1, -0.05) is 27.7 Å². The van der Waals surface area contributed by atoms with Crippen molar-refractivity contribution < 1.29 is 4.79 Å². The van der Waals surface area contributed by atoms with Crippen LogP contribution in [0.4, 0.5) is 0 Å². The first-order chi connectivity index (χ1) is 7.35. The zero-order valence-electron chi connectivity index (χ0n) is 10.9. The van der Waals surface area contributed by atoms with Gasteiger partial charge in [0.1, 0.15) is 0 Å². The van der Waals surface area contributed by atoms with E-state index < -0.39 is 0 Å². The third kappa shape index (κ3) is 2.10. The second kappa shape index (κ2) is 3.73. The predicted octanol–water partition coefficient (Wildman–Crippen LogP) is 1.54. The molecule has 2 saturated carbocycles. The van der Waals surface area contributed by atoms with Crippen LogP contribution >= 0.6 is 0 Å². The zero-order valence-corrected chi connectivity index (χ0v) is 10.9. The molecule has 0 heterocycles. The summed E-state index contributed by atoms with van der Waals surface area (Å²) >= 11 is 0. The molecule has 3 heteroatoms. The molecule has 0 aliphatic heterocycles. The van der Waals surface area contributed by atoms with E-state index in [0.717, 1.165) is 12.5 Å². The summed E-state index contributed by atoms with van der Waals surface area (Å²) in [4.78, 5) is 11.6. The Morgan fingerprint density at radius 3 is 2.19 bits per heavy atom. The second-order valence-corrected chi connectivity index (χ2v) is 6.50. The van der Waals surface area contributed by atoms with E-state index in [-0.39, 0.29) is 5.91 Å². The number of nitrogens with one attached hydrogen (secondary N) is 2. The quantitative estimate of drug-likeness (QED) is 0.743. The Morgan fingerprint density at radius 1 is 1.19 bits per heavy atom. The van der Waals surface area contributed by atoms with Gasteiger partial charge < -0.3 is 10.6 Å². The number of amides is 1. The highest BCUT2D eigenvalue weighted by Gasteiger charge is 2.64. The molecular formula is C13H24N2O. The third-order valence-electron chi connectivity index (χ3n) is 4.77. The fraction of sp³-hybridized carbons (Fsp3) is 0.923. The Labute approximate surface area is 98.4 Å². The van der Waals surface area contributed by atoms with Gasteiger partial charge in [-0.3, -0.25) is 4.79 Å². The summed E-state index contributed by atoms with van der Waals surface area (Å²) in [6.45, 7) is 10.4. The first-order valence-electron chi connectivity index (χ1n) is 6.36. The molecule has 0 atom stereocenters.